The van der Waals surface area contributed by atoms with Crippen molar-refractivity contribution in [2.45, 2.75) is 18.2 Å². The second-order valence-electron chi connectivity index (χ2n) is 2.77. The van der Waals surface area contributed by atoms with Crippen LogP contribution in [-0.4, -0.2) is 8.42 Å². The van der Waals surface area contributed by atoms with E-state index in [1.807, 2.05) is 6.92 Å². The molecule has 0 heterocycles. The third kappa shape index (κ3) is 2.19. The monoisotopic (exact) mass is 200 g/mol. The number of aryl methyl sites for hydroxylation is 1. The van der Waals surface area contributed by atoms with E-state index in [1.54, 1.807) is 12.1 Å². The summed E-state index contributed by atoms with van der Waals surface area (Å²) in [6, 6.07) is 4.76. The minimum atomic E-state index is -3.68. The Labute approximate surface area is 77.6 Å². The molecule has 0 radical (unpaired) electrons. The van der Waals surface area contributed by atoms with E-state index in [0.29, 0.717) is 0 Å². The van der Waals surface area contributed by atoms with Crippen molar-refractivity contribution >= 4 is 15.7 Å². The molecule has 0 bridgehead atoms. The SMILES string of the molecule is CCc1ccc(S(N)(=O)=O)c(N)c1. The summed E-state index contributed by atoms with van der Waals surface area (Å²) in [5, 5.41) is 4.94. The molecule has 4 nitrogen and oxygen atoms in total. The third-order valence-electron chi connectivity index (χ3n) is 1.79. The number of sulfonamides is 1. The maximum atomic E-state index is 11.0. The van der Waals surface area contributed by atoms with E-state index < -0.39 is 10.0 Å². The molecule has 13 heavy (non-hydrogen) atoms. The predicted octanol–water partition coefficient (Wildman–Crippen LogP) is 0.479. The Balaban J connectivity index is 3.29. The van der Waals surface area contributed by atoms with Gasteiger partial charge in [0.25, 0.3) is 0 Å². The summed E-state index contributed by atoms with van der Waals surface area (Å²) in [5.41, 5.74) is 6.72. The molecule has 0 unspecified atom stereocenters. The zero-order chi connectivity index (χ0) is 10.1. The number of rotatable bonds is 2. The van der Waals surface area contributed by atoms with Crippen LogP contribution in [0.3, 0.4) is 0 Å². The first-order valence-electron chi connectivity index (χ1n) is 3.86. The van der Waals surface area contributed by atoms with Crippen LogP contribution in [0.15, 0.2) is 23.1 Å². The Morgan fingerprint density at radius 2 is 2.00 bits per heavy atom. The van der Waals surface area contributed by atoms with Crippen molar-refractivity contribution in [3.8, 4) is 0 Å². The van der Waals surface area contributed by atoms with Gasteiger partial charge in [-0.25, -0.2) is 13.6 Å². The average molecular weight is 200 g/mol. The standard InChI is InChI=1S/C8H12N2O2S/c1-2-6-3-4-8(7(9)5-6)13(10,11)12/h3-5H,2,9H2,1H3,(H2,10,11,12). The van der Waals surface area contributed by atoms with Gasteiger partial charge < -0.3 is 5.73 Å². The van der Waals surface area contributed by atoms with Gasteiger partial charge in [-0.15, -0.1) is 0 Å². The highest BCUT2D eigenvalue weighted by Crippen LogP contribution is 2.18. The van der Waals surface area contributed by atoms with Crippen LogP contribution in [-0.2, 0) is 16.4 Å². The van der Waals surface area contributed by atoms with E-state index >= 15 is 0 Å². The van der Waals surface area contributed by atoms with Crippen LogP contribution < -0.4 is 10.9 Å². The largest absolute Gasteiger partial charge is 0.398 e. The van der Waals surface area contributed by atoms with Crippen molar-refractivity contribution in [2.75, 3.05) is 5.73 Å². The van der Waals surface area contributed by atoms with Gasteiger partial charge in [-0.1, -0.05) is 13.0 Å². The van der Waals surface area contributed by atoms with Gasteiger partial charge in [0.15, 0.2) is 0 Å². The minimum absolute atomic E-state index is 0.00954. The van der Waals surface area contributed by atoms with Crippen molar-refractivity contribution in [1.29, 1.82) is 0 Å². The van der Waals surface area contributed by atoms with E-state index in [9.17, 15) is 8.42 Å². The Morgan fingerprint density at radius 1 is 1.38 bits per heavy atom. The summed E-state index contributed by atoms with van der Waals surface area (Å²) in [6.07, 6.45) is 0.815. The maximum absolute atomic E-state index is 11.0. The molecule has 0 saturated heterocycles. The fraction of sp³-hybridized carbons (Fsp3) is 0.250. The number of hydrogen-bond acceptors (Lipinski definition) is 3. The van der Waals surface area contributed by atoms with E-state index in [0.717, 1.165) is 12.0 Å². The molecule has 1 rings (SSSR count). The van der Waals surface area contributed by atoms with Gasteiger partial charge in [0, 0.05) is 0 Å². The number of nitrogens with two attached hydrogens (primary N) is 2. The highest BCUT2D eigenvalue weighted by molar-refractivity contribution is 7.89. The first-order valence-corrected chi connectivity index (χ1v) is 5.41. The van der Waals surface area contributed by atoms with Crippen LogP contribution in [0.1, 0.15) is 12.5 Å². The van der Waals surface area contributed by atoms with Gasteiger partial charge in [0.1, 0.15) is 4.90 Å². The van der Waals surface area contributed by atoms with Crippen LogP contribution >= 0.6 is 0 Å². The van der Waals surface area contributed by atoms with Crippen LogP contribution in [0.25, 0.3) is 0 Å². The summed E-state index contributed by atoms with van der Waals surface area (Å²) in [6.45, 7) is 1.96. The first kappa shape index (κ1) is 10.0. The van der Waals surface area contributed by atoms with E-state index in [-0.39, 0.29) is 10.6 Å². The lowest BCUT2D eigenvalue weighted by Gasteiger charge is -2.04. The number of anilines is 1. The molecule has 1 aromatic rings. The Bertz CT molecular complexity index is 412. The lowest BCUT2D eigenvalue weighted by Crippen LogP contribution is -2.14. The zero-order valence-electron chi connectivity index (χ0n) is 7.32. The lowest BCUT2D eigenvalue weighted by atomic mass is 10.1. The second-order valence-corrected chi connectivity index (χ2v) is 4.30. The van der Waals surface area contributed by atoms with Gasteiger partial charge in [-0.05, 0) is 24.1 Å². The third-order valence-corrected chi connectivity index (χ3v) is 2.77. The Kier molecular flexibility index (Phi) is 2.58. The summed E-state index contributed by atoms with van der Waals surface area (Å²) >= 11 is 0. The molecular weight excluding hydrogens is 188 g/mol. The number of benzene rings is 1. The highest BCUT2D eigenvalue weighted by atomic mass is 32.2. The van der Waals surface area contributed by atoms with Crippen molar-refractivity contribution in [3.05, 3.63) is 23.8 Å². The maximum Gasteiger partial charge on any atom is 0.240 e. The summed E-state index contributed by atoms with van der Waals surface area (Å²) in [5.74, 6) is 0. The molecule has 0 fully saturated rings. The number of nitrogen functional groups attached to an aromatic ring is 1. The lowest BCUT2D eigenvalue weighted by molar-refractivity contribution is 0.598. The van der Waals surface area contributed by atoms with Gasteiger partial charge in [-0.2, -0.15) is 0 Å². The zero-order valence-corrected chi connectivity index (χ0v) is 8.14. The summed E-state index contributed by atoms with van der Waals surface area (Å²) in [4.78, 5) is -0.00954. The number of primary sulfonamides is 1. The predicted molar refractivity (Wildman–Crippen MR) is 51.6 cm³/mol. The van der Waals surface area contributed by atoms with Gasteiger partial charge >= 0.3 is 0 Å². The molecular formula is C8H12N2O2S. The van der Waals surface area contributed by atoms with Crippen LogP contribution in [0.5, 0.6) is 0 Å². The fourth-order valence-corrected chi connectivity index (χ4v) is 1.72. The van der Waals surface area contributed by atoms with Crippen LogP contribution in [0.4, 0.5) is 5.69 Å². The van der Waals surface area contributed by atoms with Crippen LogP contribution in [0.2, 0.25) is 0 Å². The van der Waals surface area contributed by atoms with Crippen LogP contribution in [0, 0.1) is 0 Å². The Morgan fingerprint density at radius 3 is 2.38 bits per heavy atom. The van der Waals surface area contributed by atoms with E-state index in [4.69, 9.17) is 10.9 Å². The minimum Gasteiger partial charge on any atom is -0.398 e. The molecule has 5 heteroatoms. The van der Waals surface area contributed by atoms with Crippen molar-refractivity contribution in [2.24, 2.45) is 5.14 Å². The number of hydrogen-bond donors (Lipinski definition) is 2. The second kappa shape index (κ2) is 3.35. The normalized spacial score (nSPS) is 11.5. The average Bonchev–Trinajstić information content (AvgIpc) is 2.01. The van der Waals surface area contributed by atoms with Gasteiger partial charge in [-0.3, -0.25) is 0 Å². The molecule has 72 valence electrons. The Hall–Kier alpha value is -1.07. The molecule has 4 N–H and O–H groups in total. The summed E-state index contributed by atoms with van der Waals surface area (Å²) in [7, 11) is -3.68. The molecule has 1 aromatic carbocycles. The molecule has 0 aliphatic rings. The molecule has 0 saturated carbocycles. The highest BCUT2D eigenvalue weighted by Gasteiger charge is 2.11. The van der Waals surface area contributed by atoms with Crippen molar-refractivity contribution < 1.29 is 8.42 Å². The summed E-state index contributed by atoms with van der Waals surface area (Å²) < 4.78 is 21.9. The van der Waals surface area contributed by atoms with Gasteiger partial charge in [0.2, 0.25) is 10.0 Å². The molecule has 0 aliphatic carbocycles. The molecule has 0 aliphatic heterocycles. The van der Waals surface area contributed by atoms with E-state index in [1.165, 1.54) is 6.07 Å². The molecule has 0 spiro atoms. The van der Waals surface area contributed by atoms with Gasteiger partial charge in [0.05, 0.1) is 5.69 Å². The topological polar surface area (TPSA) is 86.2 Å². The fourth-order valence-electron chi connectivity index (χ4n) is 1.08. The first-order chi connectivity index (χ1) is 5.95. The smallest absolute Gasteiger partial charge is 0.240 e. The molecule has 0 atom stereocenters. The van der Waals surface area contributed by atoms with Crippen molar-refractivity contribution in [3.63, 3.8) is 0 Å². The quantitative estimate of drug-likeness (QED) is 0.681. The molecule has 0 amide bonds. The van der Waals surface area contributed by atoms with E-state index in [2.05, 4.69) is 0 Å². The van der Waals surface area contributed by atoms with Crippen molar-refractivity contribution in [1.82, 2.24) is 0 Å². The molecule has 0 aromatic heterocycles.